The zero-order valence-corrected chi connectivity index (χ0v) is 17.6. The molecule has 5 heteroatoms. The number of aryl methyl sites for hydroxylation is 2. The Morgan fingerprint density at radius 2 is 2.00 bits per heavy atom. The van der Waals surface area contributed by atoms with Gasteiger partial charge in [-0.2, -0.15) is 0 Å². The number of rotatable bonds is 5. The van der Waals surface area contributed by atoms with Crippen LogP contribution in [0.3, 0.4) is 0 Å². The first kappa shape index (κ1) is 20.1. The van der Waals surface area contributed by atoms with Crippen LogP contribution in [0.1, 0.15) is 54.7 Å². The van der Waals surface area contributed by atoms with Gasteiger partial charge in [0.15, 0.2) is 0 Å². The van der Waals surface area contributed by atoms with Crippen LogP contribution in [0.4, 0.5) is 5.82 Å². The minimum absolute atomic E-state index is 0.108. The maximum Gasteiger partial charge on any atom is 0.306 e. The SMILES string of the molecule is Cc1cccc([C@@H](C)Nc2nc(C)nc3ccc(C4=CCC(C(=O)O)CC4)cc23)c1. The van der Waals surface area contributed by atoms with E-state index in [0.29, 0.717) is 12.8 Å². The molecule has 0 fully saturated rings. The Labute approximate surface area is 176 Å². The lowest BCUT2D eigenvalue weighted by atomic mass is 9.86. The quantitative estimate of drug-likeness (QED) is 0.575. The zero-order valence-electron chi connectivity index (χ0n) is 17.6. The molecule has 0 amide bonds. The van der Waals surface area contributed by atoms with Crippen molar-refractivity contribution in [2.45, 2.75) is 46.1 Å². The molecular weight excluding hydrogens is 374 g/mol. The molecule has 1 aliphatic carbocycles. The van der Waals surface area contributed by atoms with Crippen molar-refractivity contribution in [2.75, 3.05) is 5.32 Å². The van der Waals surface area contributed by atoms with Gasteiger partial charge in [-0.3, -0.25) is 4.79 Å². The maximum absolute atomic E-state index is 11.2. The lowest BCUT2D eigenvalue weighted by Crippen LogP contribution is -2.15. The Morgan fingerprint density at radius 3 is 2.70 bits per heavy atom. The highest BCUT2D eigenvalue weighted by Gasteiger charge is 2.21. The van der Waals surface area contributed by atoms with Crippen molar-refractivity contribution in [1.82, 2.24) is 9.97 Å². The van der Waals surface area contributed by atoms with Crippen molar-refractivity contribution in [2.24, 2.45) is 5.92 Å². The Morgan fingerprint density at radius 1 is 1.17 bits per heavy atom. The summed E-state index contributed by atoms with van der Waals surface area (Å²) in [6.07, 6.45) is 4.11. The van der Waals surface area contributed by atoms with E-state index in [-0.39, 0.29) is 12.0 Å². The molecule has 154 valence electrons. The largest absolute Gasteiger partial charge is 0.481 e. The van der Waals surface area contributed by atoms with Crippen LogP contribution in [0.15, 0.2) is 48.5 Å². The third-order valence-electron chi connectivity index (χ3n) is 5.83. The summed E-state index contributed by atoms with van der Waals surface area (Å²) in [5, 5.41) is 13.8. The average molecular weight is 402 g/mol. The summed E-state index contributed by atoms with van der Waals surface area (Å²) >= 11 is 0. The molecule has 0 radical (unpaired) electrons. The van der Waals surface area contributed by atoms with Crippen molar-refractivity contribution in [3.8, 4) is 0 Å². The summed E-state index contributed by atoms with van der Waals surface area (Å²) in [5.41, 5.74) is 5.67. The summed E-state index contributed by atoms with van der Waals surface area (Å²) in [6.45, 7) is 6.14. The number of benzene rings is 2. The zero-order chi connectivity index (χ0) is 21.3. The predicted octanol–water partition coefficient (Wildman–Crippen LogP) is 5.69. The molecule has 3 aromatic rings. The van der Waals surface area contributed by atoms with Crippen molar-refractivity contribution >= 4 is 28.3 Å². The van der Waals surface area contributed by atoms with Crippen LogP contribution < -0.4 is 5.32 Å². The number of nitrogens with zero attached hydrogens (tertiary/aromatic N) is 2. The van der Waals surface area contributed by atoms with Crippen LogP contribution in [0.25, 0.3) is 16.5 Å². The van der Waals surface area contributed by atoms with Gasteiger partial charge in [0.05, 0.1) is 11.4 Å². The monoisotopic (exact) mass is 401 g/mol. The number of hydrogen-bond acceptors (Lipinski definition) is 4. The van der Waals surface area contributed by atoms with Gasteiger partial charge >= 0.3 is 5.97 Å². The lowest BCUT2D eigenvalue weighted by molar-refractivity contribution is -0.141. The van der Waals surface area contributed by atoms with Crippen LogP contribution in [0.5, 0.6) is 0 Å². The van der Waals surface area contributed by atoms with Gasteiger partial charge in [-0.05, 0) is 68.9 Å². The molecule has 30 heavy (non-hydrogen) atoms. The Kier molecular flexibility index (Phi) is 5.53. The molecule has 1 aliphatic rings. The Bertz CT molecular complexity index is 1140. The molecule has 2 atom stereocenters. The first-order chi connectivity index (χ1) is 14.4. The van der Waals surface area contributed by atoms with Gasteiger partial charge in [0.25, 0.3) is 0 Å². The number of carbonyl (C=O) groups is 1. The summed E-state index contributed by atoms with van der Waals surface area (Å²) in [6, 6.07) is 14.8. The third kappa shape index (κ3) is 4.20. The van der Waals surface area contributed by atoms with Crippen LogP contribution in [0, 0.1) is 19.8 Å². The van der Waals surface area contributed by atoms with Crippen molar-refractivity contribution in [3.05, 3.63) is 71.1 Å². The fourth-order valence-corrected chi connectivity index (χ4v) is 4.10. The molecule has 4 rings (SSSR count). The number of aromatic nitrogens is 2. The van der Waals surface area contributed by atoms with E-state index in [9.17, 15) is 9.90 Å². The van der Waals surface area contributed by atoms with E-state index < -0.39 is 5.97 Å². The molecular formula is C25H27N3O2. The van der Waals surface area contributed by atoms with E-state index in [1.165, 1.54) is 16.7 Å². The Hall–Kier alpha value is -3.21. The number of carboxylic acids is 1. The summed E-state index contributed by atoms with van der Waals surface area (Å²) in [5.74, 6) is 0.584. The van der Waals surface area contributed by atoms with E-state index in [1.54, 1.807) is 0 Å². The maximum atomic E-state index is 11.2. The summed E-state index contributed by atoms with van der Waals surface area (Å²) in [7, 11) is 0. The second-order valence-corrected chi connectivity index (χ2v) is 8.17. The fraction of sp³-hybridized carbons (Fsp3) is 0.320. The number of fused-ring (bicyclic) bond motifs is 1. The van der Waals surface area contributed by atoms with E-state index >= 15 is 0 Å². The molecule has 1 unspecified atom stereocenters. The van der Waals surface area contributed by atoms with Gasteiger partial charge in [0, 0.05) is 11.4 Å². The number of allylic oxidation sites excluding steroid dienone is 2. The van der Waals surface area contributed by atoms with Gasteiger partial charge < -0.3 is 10.4 Å². The molecule has 0 saturated heterocycles. The number of anilines is 1. The van der Waals surface area contributed by atoms with Crippen LogP contribution >= 0.6 is 0 Å². The highest BCUT2D eigenvalue weighted by molar-refractivity contribution is 5.92. The highest BCUT2D eigenvalue weighted by atomic mass is 16.4. The predicted molar refractivity (Wildman–Crippen MR) is 120 cm³/mol. The highest BCUT2D eigenvalue weighted by Crippen LogP contribution is 2.33. The van der Waals surface area contributed by atoms with E-state index in [2.05, 4.69) is 66.6 Å². The van der Waals surface area contributed by atoms with Crippen molar-refractivity contribution < 1.29 is 9.90 Å². The van der Waals surface area contributed by atoms with E-state index in [1.807, 2.05) is 13.0 Å². The van der Waals surface area contributed by atoms with Gasteiger partial charge in [-0.15, -0.1) is 0 Å². The first-order valence-corrected chi connectivity index (χ1v) is 10.4. The summed E-state index contributed by atoms with van der Waals surface area (Å²) < 4.78 is 0. The molecule has 1 heterocycles. The van der Waals surface area contributed by atoms with Gasteiger partial charge in [-0.1, -0.05) is 42.0 Å². The molecule has 2 aromatic carbocycles. The molecule has 1 aromatic heterocycles. The molecule has 0 bridgehead atoms. The standard InChI is InChI=1S/C25H27N3O2/c1-15-5-4-6-20(13-15)16(2)26-24-22-14-21(11-12-23(22)27-17(3)28-24)18-7-9-19(10-8-18)25(29)30/h4-7,11-14,16,19H,8-10H2,1-3H3,(H,29,30)(H,26,27,28)/t16-,19?/m1/s1. The second-order valence-electron chi connectivity index (χ2n) is 8.17. The summed E-state index contributed by atoms with van der Waals surface area (Å²) in [4.78, 5) is 20.5. The van der Waals surface area contributed by atoms with Crippen LogP contribution in [-0.4, -0.2) is 21.0 Å². The number of hydrogen-bond donors (Lipinski definition) is 2. The van der Waals surface area contributed by atoms with Crippen LogP contribution in [0.2, 0.25) is 0 Å². The van der Waals surface area contributed by atoms with Gasteiger partial charge in [-0.25, -0.2) is 9.97 Å². The molecule has 0 saturated carbocycles. The minimum atomic E-state index is -0.704. The van der Waals surface area contributed by atoms with Gasteiger partial charge in [0.2, 0.25) is 0 Å². The van der Waals surface area contributed by atoms with E-state index in [4.69, 9.17) is 4.98 Å². The number of aliphatic carboxylic acids is 1. The van der Waals surface area contributed by atoms with E-state index in [0.717, 1.165) is 34.5 Å². The Balaban J connectivity index is 1.68. The molecule has 0 aliphatic heterocycles. The third-order valence-corrected chi connectivity index (χ3v) is 5.83. The first-order valence-electron chi connectivity index (χ1n) is 10.4. The molecule has 0 spiro atoms. The van der Waals surface area contributed by atoms with Crippen molar-refractivity contribution in [3.63, 3.8) is 0 Å². The average Bonchev–Trinajstić information content (AvgIpc) is 2.73. The molecule has 2 N–H and O–H groups in total. The van der Waals surface area contributed by atoms with Gasteiger partial charge in [0.1, 0.15) is 11.6 Å². The smallest absolute Gasteiger partial charge is 0.306 e. The van der Waals surface area contributed by atoms with Crippen LogP contribution in [-0.2, 0) is 4.79 Å². The molecule has 5 nitrogen and oxygen atoms in total. The topological polar surface area (TPSA) is 75.1 Å². The lowest BCUT2D eigenvalue weighted by Gasteiger charge is -2.20. The fourth-order valence-electron chi connectivity index (χ4n) is 4.10. The number of nitrogens with one attached hydrogen (secondary N) is 1. The van der Waals surface area contributed by atoms with Crippen molar-refractivity contribution in [1.29, 1.82) is 0 Å². The normalized spacial score (nSPS) is 17.4. The number of carboxylic acid groups (broad SMARTS) is 1. The minimum Gasteiger partial charge on any atom is -0.481 e. The second kappa shape index (κ2) is 8.27.